The molecule has 0 aliphatic carbocycles. The lowest BCUT2D eigenvalue weighted by Gasteiger charge is -2.12. The second-order valence-electron chi connectivity index (χ2n) is 7.45. The van der Waals surface area contributed by atoms with Crippen LogP contribution >= 0.6 is 22.9 Å². The fraction of sp³-hybridized carbons (Fsp3) is 0.273. The minimum Gasteiger partial charge on any atom is -0.342 e. The maximum atomic E-state index is 13.0. The van der Waals surface area contributed by atoms with Crippen molar-refractivity contribution in [3.8, 4) is 0 Å². The number of halogens is 4. The first-order valence-corrected chi connectivity index (χ1v) is 11.6. The van der Waals surface area contributed by atoms with E-state index in [1.54, 1.807) is 30.8 Å². The van der Waals surface area contributed by atoms with Crippen LogP contribution < -0.4 is 10.6 Å². The average Bonchev–Trinajstić information content (AvgIpc) is 3.46. The SMILES string of the molecule is CC=N/C(=C\Cn1cnc(C)c1)C(=O)N[C@H](C)c1ncc(C(=O)Nc2cc(C(F)(F)F)c(Cl)cn2)s1. The van der Waals surface area contributed by atoms with Gasteiger partial charge in [0.05, 0.1) is 34.8 Å². The topological polar surface area (TPSA) is 114 Å². The highest BCUT2D eigenvalue weighted by molar-refractivity contribution is 7.13. The fourth-order valence-corrected chi connectivity index (χ4v) is 3.96. The third-order valence-electron chi connectivity index (χ3n) is 4.63. The Kier molecular flexibility index (Phi) is 8.58. The van der Waals surface area contributed by atoms with Crippen LogP contribution in [0.2, 0.25) is 5.02 Å². The Morgan fingerprint density at radius 3 is 2.67 bits per heavy atom. The molecule has 9 nitrogen and oxygen atoms in total. The number of thiazole rings is 1. The summed E-state index contributed by atoms with van der Waals surface area (Å²) >= 11 is 6.53. The van der Waals surface area contributed by atoms with Crippen LogP contribution in [0.3, 0.4) is 0 Å². The molecule has 0 aromatic carbocycles. The van der Waals surface area contributed by atoms with Crippen molar-refractivity contribution in [3.05, 3.63) is 68.9 Å². The molecular formula is C22H21ClF3N7O2S. The van der Waals surface area contributed by atoms with Gasteiger partial charge < -0.3 is 15.2 Å². The largest absolute Gasteiger partial charge is 0.418 e. The molecule has 0 aliphatic heterocycles. The van der Waals surface area contributed by atoms with Crippen LogP contribution in [0.5, 0.6) is 0 Å². The molecular weight excluding hydrogens is 519 g/mol. The van der Waals surface area contributed by atoms with E-state index in [0.29, 0.717) is 17.6 Å². The first-order valence-electron chi connectivity index (χ1n) is 10.5. The summed E-state index contributed by atoms with van der Waals surface area (Å²) in [4.78, 5) is 41.5. The smallest absolute Gasteiger partial charge is 0.342 e. The Labute approximate surface area is 213 Å². The Morgan fingerprint density at radius 1 is 1.28 bits per heavy atom. The molecule has 190 valence electrons. The highest BCUT2D eigenvalue weighted by Crippen LogP contribution is 2.35. The maximum Gasteiger partial charge on any atom is 0.418 e. The number of nitrogens with zero attached hydrogens (tertiary/aromatic N) is 5. The summed E-state index contributed by atoms with van der Waals surface area (Å²) in [6, 6.07) is 0.0820. The number of aliphatic imine (C=N–C) groups is 1. The number of aromatic nitrogens is 4. The van der Waals surface area contributed by atoms with Crippen LogP contribution in [0, 0.1) is 6.92 Å². The van der Waals surface area contributed by atoms with Crippen molar-refractivity contribution in [1.29, 1.82) is 0 Å². The Hall–Kier alpha value is -3.58. The maximum absolute atomic E-state index is 13.0. The van der Waals surface area contributed by atoms with E-state index >= 15 is 0 Å². The van der Waals surface area contributed by atoms with E-state index in [1.807, 2.05) is 13.1 Å². The molecule has 0 bridgehead atoms. The van der Waals surface area contributed by atoms with E-state index in [2.05, 4.69) is 30.6 Å². The first kappa shape index (κ1) is 27.0. The molecule has 0 fully saturated rings. The van der Waals surface area contributed by atoms with E-state index < -0.39 is 34.6 Å². The number of imidazole rings is 1. The number of nitrogens with one attached hydrogen (secondary N) is 2. The fourth-order valence-electron chi connectivity index (χ4n) is 2.93. The van der Waals surface area contributed by atoms with Gasteiger partial charge in [0, 0.05) is 25.2 Å². The van der Waals surface area contributed by atoms with Crippen molar-refractivity contribution in [2.45, 2.75) is 39.5 Å². The number of carbonyl (C=O) groups is 2. The number of alkyl halides is 3. The zero-order valence-electron chi connectivity index (χ0n) is 19.3. The number of anilines is 1. The molecule has 0 radical (unpaired) electrons. The Balaban J connectivity index is 1.66. The van der Waals surface area contributed by atoms with Gasteiger partial charge in [-0.2, -0.15) is 13.2 Å². The van der Waals surface area contributed by atoms with Crippen LogP contribution in [0.1, 0.15) is 45.8 Å². The minimum absolute atomic E-state index is 0.120. The zero-order chi connectivity index (χ0) is 26.5. The second kappa shape index (κ2) is 11.4. The zero-order valence-corrected chi connectivity index (χ0v) is 20.9. The molecule has 1 atom stereocenters. The van der Waals surface area contributed by atoms with Crippen molar-refractivity contribution in [2.75, 3.05) is 5.32 Å². The number of amides is 2. The van der Waals surface area contributed by atoms with E-state index in [9.17, 15) is 22.8 Å². The van der Waals surface area contributed by atoms with Crippen LogP contribution in [0.25, 0.3) is 0 Å². The van der Waals surface area contributed by atoms with Gasteiger partial charge in [-0.15, -0.1) is 11.3 Å². The van der Waals surface area contributed by atoms with E-state index in [4.69, 9.17) is 11.6 Å². The lowest BCUT2D eigenvalue weighted by molar-refractivity contribution is -0.137. The molecule has 3 rings (SSSR count). The van der Waals surface area contributed by atoms with Crippen molar-refractivity contribution >= 4 is 46.8 Å². The van der Waals surface area contributed by atoms with Gasteiger partial charge in [0.25, 0.3) is 11.8 Å². The second-order valence-corrected chi connectivity index (χ2v) is 8.92. The summed E-state index contributed by atoms with van der Waals surface area (Å²) < 4.78 is 40.9. The Bertz CT molecular complexity index is 1320. The molecule has 0 spiro atoms. The number of pyridine rings is 1. The van der Waals surface area contributed by atoms with Gasteiger partial charge in [-0.1, -0.05) is 11.6 Å². The van der Waals surface area contributed by atoms with Crippen LogP contribution in [0.4, 0.5) is 19.0 Å². The van der Waals surface area contributed by atoms with Gasteiger partial charge in [-0.05, 0) is 32.9 Å². The lowest BCUT2D eigenvalue weighted by atomic mass is 10.2. The van der Waals surface area contributed by atoms with E-state index in [-0.39, 0.29) is 16.4 Å². The molecule has 3 heterocycles. The standard InChI is InChI=1S/C22H21ClF3N7O2S/c1-4-27-16(5-6-33-10-12(2)30-11-33)19(34)31-13(3)21-29-9-17(36-21)20(35)32-18-7-14(22(24,25)26)15(23)8-28-18/h4-5,7-11,13H,6H2,1-3H3,(H,31,34)(H,28,32,35)/b16-5-,27-4?/t13-/m1/s1. The van der Waals surface area contributed by atoms with Crippen molar-refractivity contribution in [1.82, 2.24) is 24.8 Å². The summed E-state index contributed by atoms with van der Waals surface area (Å²) in [7, 11) is 0. The lowest BCUT2D eigenvalue weighted by Crippen LogP contribution is -2.27. The quantitative estimate of drug-likeness (QED) is 0.315. The molecule has 0 saturated carbocycles. The third-order valence-corrected chi connectivity index (χ3v) is 6.11. The average molecular weight is 540 g/mol. The normalized spacial score (nSPS) is 13.1. The van der Waals surface area contributed by atoms with Gasteiger partial charge in [-0.25, -0.2) is 15.0 Å². The van der Waals surface area contributed by atoms with Crippen molar-refractivity contribution in [3.63, 3.8) is 0 Å². The molecule has 3 aromatic heterocycles. The molecule has 3 aromatic rings. The summed E-state index contributed by atoms with van der Waals surface area (Å²) in [5.74, 6) is -1.45. The summed E-state index contributed by atoms with van der Waals surface area (Å²) in [5, 5.41) is 4.91. The summed E-state index contributed by atoms with van der Waals surface area (Å²) in [5.41, 5.74) is -0.0738. The van der Waals surface area contributed by atoms with Gasteiger partial charge in [0.15, 0.2) is 0 Å². The van der Waals surface area contributed by atoms with Crippen molar-refractivity contribution in [2.24, 2.45) is 4.99 Å². The van der Waals surface area contributed by atoms with Crippen LogP contribution in [-0.4, -0.2) is 37.5 Å². The molecule has 0 unspecified atom stereocenters. The first-order chi connectivity index (χ1) is 17.0. The molecule has 2 amide bonds. The number of hydrogen-bond donors (Lipinski definition) is 2. The molecule has 36 heavy (non-hydrogen) atoms. The third kappa shape index (κ3) is 6.98. The molecule has 0 aliphatic rings. The highest BCUT2D eigenvalue weighted by Gasteiger charge is 2.34. The number of carbonyl (C=O) groups excluding carboxylic acids is 2. The van der Waals surface area contributed by atoms with Crippen LogP contribution in [-0.2, 0) is 17.5 Å². The summed E-state index contributed by atoms with van der Waals surface area (Å²) in [6.07, 6.45) is 4.00. The molecule has 14 heteroatoms. The van der Waals surface area contributed by atoms with Crippen molar-refractivity contribution < 1.29 is 22.8 Å². The number of rotatable bonds is 8. The van der Waals surface area contributed by atoms with E-state index in [0.717, 1.165) is 23.2 Å². The van der Waals surface area contributed by atoms with Gasteiger partial charge in [0.1, 0.15) is 21.4 Å². The molecule has 2 N–H and O–H groups in total. The van der Waals surface area contributed by atoms with E-state index in [1.165, 1.54) is 12.4 Å². The predicted octanol–water partition coefficient (Wildman–Crippen LogP) is 4.82. The Morgan fingerprint density at radius 2 is 2.03 bits per heavy atom. The highest BCUT2D eigenvalue weighted by atomic mass is 35.5. The predicted molar refractivity (Wildman–Crippen MR) is 130 cm³/mol. The minimum atomic E-state index is -4.70. The van der Waals surface area contributed by atoms with Gasteiger partial charge >= 0.3 is 6.18 Å². The van der Waals surface area contributed by atoms with Crippen LogP contribution in [0.15, 0.2) is 47.7 Å². The number of allylic oxidation sites excluding steroid dienone is 1. The number of hydrogen-bond acceptors (Lipinski definition) is 7. The molecule has 0 saturated heterocycles. The van der Waals surface area contributed by atoms with Gasteiger partial charge in [0.2, 0.25) is 0 Å². The van der Waals surface area contributed by atoms with Gasteiger partial charge in [-0.3, -0.25) is 14.6 Å². The monoisotopic (exact) mass is 539 g/mol. The number of aryl methyl sites for hydroxylation is 1. The summed E-state index contributed by atoms with van der Waals surface area (Å²) in [6.45, 7) is 5.62.